The number of benzene rings is 1. The van der Waals surface area contributed by atoms with Crippen molar-refractivity contribution in [3.8, 4) is 0 Å². The molecule has 0 saturated heterocycles. The molecule has 0 aromatic heterocycles. The van der Waals surface area contributed by atoms with Crippen molar-refractivity contribution >= 4 is 16.0 Å². The summed E-state index contributed by atoms with van der Waals surface area (Å²) in [6, 6.07) is 4.31. The Kier molecular flexibility index (Phi) is 4.13. The first-order valence-electron chi connectivity index (χ1n) is 7.02. The molecule has 1 aliphatic carbocycles. The zero-order chi connectivity index (χ0) is 15.8. The van der Waals surface area contributed by atoms with Crippen LogP contribution in [0.3, 0.4) is 0 Å². The van der Waals surface area contributed by atoms with E-state index in [4.69, 9.17) is 5.11 Å². The minimum Gasteiger partial charge on any atom is -0.478 e. The van der Waals surface area contributed by atoms with Gasteiger partial charge in [-0.25, -0.2) is 17.9 Å². The van der Waals surface area contributed by atoms with Crippen molar-refractivity contribution in [1.82, 2.24) is 4.72 Å². The molecule has 0 atom stereocenters. The number of carboxylic acids is 1. The molecule has 0 unspecified atom stereocenters. The molecular weight excluding hydrogens is 290 g/mol. The van der Waals surface area contributed by atoms with Crippen molar-refractivity contribution in [2.45, 2.75) is 38.5 Å². The minimum absolute atomic E-state index is 0.0165. The van der Waals surface area contributed by atoms with Gasteiger partial charge < -0.3 is 5.11 Å². The molecule has 0 spiro atoms. The summed E-state index contributed by atoms with van der Waals surface area (Å²) in [7, 11) is -3.69. The third-order valence-electron chi connectivity index (χ3n) is 4.54. The van der Waals surface area contributed by atoms with Gasteiger partial charge in [-0.3, -0.25) is 0 Å². The lowest BCUT2D eigenvalue weighted by Gasteiger charge is -2.20. The number of rotatable bonds is 6. The average Bonchev–Trinajstić information content (AvgIpc) is 3.17. The summed E-state index contributed by atoms with van der Waals surface area (Å²) < 4.78 is 27.5. The van der Waals surface area contributed by atoms with Gasteiger partial charge in [-0.15, -0.1) is 0 Å². The van der Waals surface area contributed by atoms with Crippen LogP contribution in [0.25, 0.3) is 0 Å². The van der Waals surface area contributed by atoms with Crippen LogP contribution < -0.4 is 4.72 Å². The highest BCUT2D eigenvalue weighted by Gasteiger charge is 2.45. The summed E-state index contributed by atoms with van der Waals surface area (Å²) in [6.45, 7) is 6.12. The Labute approximate surface area is 125 Å². The fourth-order valence-electron chi connectivity index (χ4n) is 2.57. The Hall–Kier alpha value is -1.40. The van der Waals surface area contributed by atoms with Crippen LogP contribution in [0.15, 0.2) is 23.1 Å². The second-order valence-electron chi connectivity index (χ2n) is 6.08. The van der Waals surface area contributed by atoms with Gasteiger partial charge in [-0.05, 0) is 48.8 Å². The quantitative estimate of drug-likeness (QED) is 0.845. The second-order valence-corrected chi connectivity index (χ2v) is 7.81. The maximum Gasteiger partial charge on any atom is 0.335 e. The van der Waals surface area contributed by atoms with Gasteiger partial charge >= 0.3 is 5.97 Å². The highest BCUT2D eigenvalue weighted by Crippen LogP contribution is 2.51. The number of carbonyl (C=O) groups is 1. The third-order valence-corrected chi connectivity index (χ3v) is 6.08. The summed E-state index contributed by atoms with van der Waals surface area (Å²) in [5.41, 5.74) is 0.348. The van der Waals surface area contributed by atoms with Crippen molar-refractivity contribution in [1.29, 1.82) is 0 Å². The highest BCUT2D eigenvalue weighted by molar-refractivity contribution is 7.89. The van der Waals surface area contributed by atoms with Crippen LogP contribution in [0.1, 0.15) is 42.6 Å². The maximum atomic E-state index is 12.4. The van der Waals surface area contributed by atoms with Gasteiger partial charge in [-0.2, -0.15) is 0 Å². The van der Waals surface area contributed by atoms with Crippen molar-refractivity contribution in [2.24, 2.45) is 11.3 Å². The largest absolute Gasteiger partial charge is 0.478 e. The highest BCUT2D eigenvalue weighted by atomic mass is 32.2. The zero-order valence-electron chi connectivity index (χ0n) is 12.5. The summed E-state index contributed by atoms with van der Waals surface area (Å²) in [4.78, 5) is 11.1. The van der Waals surface area contributed by atoms with Gasteiger partial charge in [0.1, 0.15) is 0 Å². The third kappa shape index (κ3) is 3.11. The van der Waals surface area contributed by atoms with E-state index in [0.29, 0.717) is 12.5 Å². The summed E-state index contributed by atoms with van der Waals surface area (Å²) >= 11 is 0. The summed E-state index contributed by atoms with van der Waals surface area (Å²) in [5.74, 6) is -0.697. The molecule has 5 nitrogen and oxygen atoms in total. The number of hydrogen-bond acceptors (Lipinski definition) is 3. The summed E-state index contributed by atoms with van der Waals surface area (Å²) in [5, 5.41) is 9.08. The smallest absolute Gasteiger partial charge is 0.335 e. The van der Waals surface area contributed by atoms with Crippen molar-refractivity contribution in [3.63, 3.8) is 0 Å². The van der Waals surface area contributed by atoms with Gasteiger partial charge in [0.2, 0.25) is 10.0 Å². The molecular formula is C15H21NO4S. The van der Waals surface area contributed by atoms with Crippen molar-refractivity contribution < 1.29 is 18.3 Å². The monoisotopic (exact) mass is 311 g/mol. The molecule has 2 N–H and O–H groups in total. The number of aromatic carboxylic acids is 1. The first-order valence-corrected chi connectivity index (χ1v) is 8.50. The topological polar surface area (TPSA) is 83.5 Å². The van der Waals surface area contributed by atoms with E-state index in [1.165, 1.54) is 25.1 Å². The van der Waals surface area contributed by atoms with E-state index in [-0.39, 0.29) is 21.4 Å². The molecule has 6 heteroatoms. The van der Waals surface area contributed by atoms with Gasteiger partial charge in [-0.1, -0.05) is 19.9 Å². The fourth-order valence-corrected chi connectivity index (χ4v) is 3.98. The second kappa shape index (κ2) is 5.42. The van der Waals surface area contributed by atoms with Gasteiger partial charge in [0.05, 0.1) is 10.5 Å². The molecule has 116 valence electrons. The summed E-state index contributed by atoms with van der Waals surface area (Å²) in [6.07, 6.45) is 2.06. The number of nitrogens with one attached hydrogen (secondary N) is 1. The molecule has 0 heterocycles. The van der Waals surface area contributed by atoms with Crippen LogP contribution in [0, 0.1) is 18.3 Å². The van der Waals surface area contributed by atoms with Crippen LogP contribution in [0.5, 0.6) is 0 Å². The van der Waals surface area contributed by atoms with Crippen LogP contribution in [-0.4, -0.2) is 26.0 Å². The Morgan fingerprint density at radius 3 is 2.48 bits per heavy atom. The van der Waals surface area contributed by atoms with E-state index >= 15 is 0 Å². The van der Waals surface area contributed by atoms with Crippen LogP contribution in [0.2, 0.25) is 0 Å². The first kappa shape index (κ1) is 16.0. The van der Waals surface area contributed by atoms with E-state index in [9.17, 15) is 13.2 Å². The molecule has 0 bridgehead atoms. The lowest BCUT2D eigenvalue weighted by molar-refractivity contribution is 0.0696. The predicted molar refractivity (Wildman–Crippen MR) is 79.8 cm³/mol. The van der Waals surface area contributed by atoms with Crippen LogP contribution in [-0.2, 0) is 10.0 Å². The number of sulfonamides is 1. The molecule has 0 amide bonds. The van der Waals surface area contributed by atoms with E-state index < -0.39 is 16.0 Å². The molecule has 1 saturated carbocycles. The Bertz CT molecular complexity index is 660. The SMILES string of the molecule is Cc1c(C(=O)O)cccc1S(=O)(=O)NCC1(C(C)C)CC1. The molecule has 1 aromatic carbocycles. The van der Waals surface area contributed by atoms with E-state index in [1.54, 1.807) is 0 Å². The van der Waals surface area contributed by atoms with Gasteiger partial charge in [0.25, 0.3) is 0 Å². The lowest BCUT2D eigenvalue weighted by Crippen LogP contribution is -2.33. The first-order chi connectivity index (χ1) is 9.69. The normalized spacial score (nSPS) is 17.0. The molecule has 1 fully saturated rings. The van der Waals surface area contributed by atoms with Gasteiger partial charge in [0.15, 0.2) is 0 Å². The number of hydrogen-bond donors (Lipinski definition) is 2. The Balaban J connectivity index is 2.25. The fraction of sp³-hybridized carbons (Fsp3) is 0.533. The van der Waals surface area contributed by atoms with Gasteiger partial charge in [0, 0.05) is 6.54 Å². The van der Waals surface area contributed by atoms with Crippen molar-refractivity contribution in [3.05, 3.63) is 29.3 Å². The van der Waals surface area contributed by atoms with Crippen LogP contribution in [0.4, 0.5) is 0 Å². The van der Waals surface area contributed by atoms with E-state index in [2.05, 4.69) is 18.6 Å². The molecule has 0 aliphatic heterocycles. The van der Waals surface area contributed by atoms with Crippen LogP contribution >= 0.6 is 0 Å². The standard InChI is InChI=1S/C15H21NO4S/c1-10(2)15(7-8-15)9-16-21(19,20)13-6-4-5-12(11(13)3)14(17)18/h4-6,10,16H,7-9H2,1-3H3,(H,17,18). The molecule has 1 aliphatic rings. The minimum atomic E-state index is -3.69. The predicted octanol–water partition coefficient (Wildman–Crippen LogP) is 2.41. The molecule has 21 heavy (non-hydrogen) atoms. The van der Waals surface area contributed by atoms with E-state index in [0.717, 1.165) is 12.8 Å². The zero-order valence-corrected chi connectivity index (χ0v) is 13.3. The Morgan fingerprint density at radius 1 is 1.38 bits per heavy atom. The lowest BCUT2D eigenvalue weighted by atomic mass is 9.93. The van der Waals surface area contributed by atoms with E-state index in [1.807, 2.05) is 0 Å². The van der Waals surface area contributed by atoms with Crippen molar-refractivity contribution in [2.75, 3.05) is 6.54 Å². The Morgan fingerprint density at radius 2 is 2.00 bits per heavy atom. The average molecular weight is 311 g/mol. The molecule has 0 radical (unpaired) electrons. The molecule has 1 aromatic rings. The maximum absolute atomic E-state index is 12.4. The molecule has 2 rings (SSSR count). The number of carboxylic acid groups (broad SMARTS) is 1.